The number of Topliss-reactive ketones (excluding diaryl/α,β-unsaturated/α-hetero) is 1. The Kier molecular flexibility index (Phi) is 5.19. The molecular weight excluding hydrogens is 376 g/mol. The molecule has 4 rings (SSSR count). The first-order chi connectivity index (χ1) is 13.4. The minimum absolute atomic E-state index is 0.00618. The molecule has 0 aliphatic heterocycles. The summed E-state index contributed by atoms with van der Waals surface area (Å²) < 4.78 is 6.26. The Bertz CT molecular complexity index is 935. The normalized spacial score (nSPS) is 24.2. The van der Waals surface area contributed by atoms with Crippen molar-refractivity contribution >= 4 is 44.3 Å². The summed E-state index contributed by atoms with van der Waals surface area (Å²) in [6.07, 6.45) is 3.93. The maximum atomic E-state index is 12.4. The zero-order valence-corrected chi connectivity index (χ0v) is 16.9. The molecule has 148 valence electrons. The Balaban J connectivity index is 1.33. The topological polar surface area (TPSA) is 85.4 Å². The number of nitrogens with one attached hydrogen (secondary N) is 1. The molecule has 2 bridgehead atoms. The van der Waals surface area contributed by atoms with E-state index in [-0.39, 0.29) is 30.3 Å². The number of nitrogens with zero attached hydrogens (tertiary/aromatic N) is 1. The minimum atomic E-state index is -0.395. The number of carbonyl (C=O) groups is 3. The van der Waals surface area contributed by atoms with Crippen LogP contribution in [0.2, 0.25) is 0 Å². The number of esters is 1. The molecule has 1 N–H and O–H groups in total. The highest BCUT2D eigenvalue weighted by Crippen LogP contribution is 2.40. The summed E-state index contributed by atoms with van der Waals surface area (Å²) >= 11 is 1.41. The van der Waals surface area contributed by atoms with Gasteiger partial charge >= 0.3 is 5.97 Å². The average molecular weight is 401 g/mol. The third-order valence-corrected chi connectivity index (χ3v) is 6.72. The quantitative estimate of drug-likeness (QED) is 0.789. The predicted octanol–water partition coefficient (Wildman–Crippen LogP) is 3.79. The van der Waals surface area contributed by atoms with Gasteiger partial charge in [-0.05, 0) is 56.7 Å². The lowest BCUT2D eigenvalue weighted by Crippen LogP contribution is -2.40. The first kappa shape index (κ1) is 19.1. The number of ketones is 1. The van der Waals surface area contributed by atoms with Gasteiger partial charge in [-0.1, -0.05) is 23.8 Å². The number of anilines is 1. The lowest BCUT2D eigenvalue weighted by atomic mass is 9.67. The van der Waals surface area contributed by atoms with E-state index in [1.807, 2.05) is 19.9 Å². The van der Waals surface area contributed by atoms with E-state index in [9.17, 15) is 14.4 Å². The van der Waals surface area contributed by atoms with Crippen LogP contribution in [0.25, 0.3) is 10.2 Å². The van der Waals surface area contributed by atoms with Crippen LogP contribution in [0.3, 0.4) is 0 Å². The Morgan fingerprint density at radius 2 is 1.93 bits per heavy atom. The van der Waals surface area contributed by atoms with Crippen molar-refractivity contribution in [1.82, 2.24) is 4.98 Å². The van der Waals surface area contributed by atoms with Crippen LogP contribution in [0.5, 0.6) is 0 Å². The lowest BCUT2D eigenvalue weighted by molar-refractivity contribution is -0.155. The first-order valence-corrected chi connectivity index (χ1v) is 10.6. The van der Waals surface area contributed by atoms with Gasteiger partial charge in [-0.3, -0.25) is 19.7 Å². The van der Waals surface area contributed by atoms with Gasteiger partial charge in [0.05, 0.1) is 16.1 Å². The van der Waals surface area contributed by atoms with Gasteiger partial charge in [0.1, 0.15) is 5.78 Å². The molecular formula is C21H24N2O4S. The fourth-order valence-corrected chi connectivity index (χ4v) is 5.56. The van der Waals surface area contributed by atoms with Crippen LogP contribution in [0.15, 0.2) is 12.1 Å². The molecule has 1 aromatic carbocycles. The molecule has 2 aliphatic carbocycles. The van der Waals surface area contributed by atoms with Gasteiger partial charge < -0.3 is 4.74 Å². The molecule has 1 aromatic heterocycles. The third-order valence-electron chi connectivity index (χ3n) is 5.80. The number of carbonyl (C=O) groups excluding carboxylic acids is 3. The first-order valence-electron chi connectivity index (χ1n) is 9.78. The lowest BCUT2D eigenvalue weighted by Gasteiger charge is -2.36. The van der Waals surface area contributed by atoms with E-state index in [1.54, 1.807) is 0 Å². The van der Waals surface area contributed by atoms with Crippen molar-refractivity contribution in [3.05, 3.63) is 23.3 Å². The van der Waals surface area contributed by atoms with E-state index in [1.165, 1.54) is 11.3 Å². The number of hydrogen-bond donors (Lipinski definition) is 1. The fraction of sp³-hybridized carbons (Fsp3) is 0.524. The zero-order valence-electron chi connectivity index (χ0n) is 16.1. The number of thiazole rings is 1. The highest BCUT2D eigenvalue weighted by atomic mass is 32.1. The summed E-state index contributed by atoms with van der Waals surface area (Å²) in [5.41, 5.74) is 3.09. The molecule has 6 nitrogen and oxygen atoms in total. The van der Waals surface area contributed by atoms with Gasteiger partial charge in [0, 0.05) is 11.8 Å². The largest absolute Gasteiger partial charge is 0.455 e. The van der Waals surface area contributed by atoms with Crippen LogP contribution in [0.4, 0.5) is 5.13 Å². The van der Waals surface area contributed by atoms with E-state index < -0.39 is 5.91 Å². The molecule has 2 aliphatic rings. The van der Waals surface area contributed by atoms with E-state index in [0.29, 0.717) is 23.8 Å². The number of amides is 1. The summed E-state index contributed by atoms with van der Waals surface area (Å²) in [6, 6.07) is 4.09. The van der Waals surface area contributed by atoms with Gasteiger partial charge in [-0.25, -0.2) is 4.98 Å². The van der Waals surface area contributed by atoms with Crippen LogP contribution in [-0.2, 0) is 19.1 Å². The average Bonchev–Trinajstić information content (AvgIpc) is 3.02. The standard InChI is InChI=1S/C21H24N2O4S/c1-11-6-12(2)18-16(7-11)28-21(23-18)22-17(24)10-27-20(26)15-8-13-4-3-5-14(9-15)19(13)25/h6-7,13-15H,3-5,8-10H2,1-2H3,(H,22,23,24)/t13-,14+,15?. The molecule has 2 fully saturated rings. The Hall–Kier alpha value is -2.28. The molecule has 2 aromatic rings. The van der Waals surface area contributed by atoms with E-state index in [0.717, 1.165) is 40.6 Å². The van der Waals surface area contributed by atoms with Crippen molar-refractivity contribution in [2.75, 3.05) is 11.9 Å². The number of hydrogen-bond acceptors (Lipinski definition) is 6. The van der Waals surface area contributed by atoms with Crippen LogP contribution < -0.4 is 5.32 Å². The number of aryl methyl sites for hydroxylation is 2. The molecule has 1 heterocycles. The highest BCUT2D eigenvalue weighted by molar-refractivity contribution is 7.22. The molecule has 7 heteroatoms. The van der Waals surface area contributed by atoms with Crippen LogP contribution >= 0.6 is 11.3 Å². The number of benzene rings is 1. The Morgan fingerprint density at radius 3 is 2.64 bits per heavy atom. The molecule has 3 atom stereocenters. The fourth-order valence-electron chi connectivity index (χ4n) is 4.51. The van der Waals surface area contributed by atoms with Crippen molar-refractivity contribution in [1.29, 1.82) is 0 Å². The van der Waals surface area contributed by atoms with E-state index >= 15 is 0 Å². The summed E-state index contributed by atoms with van der Waals surface area (Å²) in [7, 11) is 0. The number of fused-ring (bicyclic) bond motifs is 3. The smallest absolute Gasteiger partial charge is 0.309 e. The number of aromatic nitrogens is 1. The Morgan fingerprint density at radius 1 is 1.21 bits per heavy atom. The van der Waals surface area contributed by atoms with Gasteiger partial charge in [-0.15, -0.1) is 0 Å². The van der Waals surface area contributed by atoms with Crippen molar-refractivity contribution in [3.63, 3.8) is 0 Å². The van der Waals surface area contributed by atoms with Crippen molar-refractivity contribution in [3.8, 4) is 0 Å². The summed E-state index contributed by atoms with van der Waals surface area (Å²) in [4.78, 5) is 41.2. The molecule has 28 heavy (non-hydrogen) atoms. The van der Waals surface area contributed by atoms with Crippen molar-refractivity contribution in [2.24, 2.45) is 17.8 Å². The second-order valence-electron chi connectivity index (χ2n) is 8.00. The molecule has 0 saturated heterocycles. The van der Waals surface area contributed by atoms with Crippen LogP contribution in [0, 0.1) is 31.6 Å². The van der Waals surface area contributed by atoms with E-state index in [2.05, 4.69) is 16.4 Å². The number of ether oxygens (including phenoxy) is 1. The maximum absolute atomic E-state index is 12.4. The van der Waals surface area contributed by atoms with Crippen molar-refractivity contribution in [2.45, 2.75) is 46.0 Å². The summed E-state index contributed by atoms with van der Waals surface area (Å²) in [5.74, 6) is -0.728. The second-order valence-corrected chi connectivity index (χ2v) is 9.03. The van der Waals surface area contributed by atoms with Gasteiger partial charge in [0.2, 0.25) is 0 Å². The third kappa shape index (κ3) is 3.81. The molecule has 2 saturated carbocycles. The summed E-state index contributed by atoms with van der Waals surface area (Å²) in [5, 5.41) is 3.22. The maximum Gasteiger partial charge on any atom is 0.309 e. The van der Waals surface area contributed by atoms with Crippen LogP contribution in [-0.4, -0.2) is 29.3 Å². The molecule has 1 amide bonds. The van der Waals surface area contributed by atoms with E-state index in [4.69, 9.17) is 4.74 Å². The molecule has 1 unspecified atom stereocenters. The van der Waals surface area contributed by atoms with Gasteiger partial charge in [0.25, 0.3) is 5.91 Å². The second kappa shape index (κ2) is 7.62. The van der Waals surface area contributed by atoms with Crippen LogP contribution in [0.1, 0.15) is 43.2 Å². The zero-order chi connectivity index (χ0) is 19.8. The minimum Gasteiger partial charge on any atom is -0.455 e. The Labute approximate surface area is 167 Å². The monoisotopic (exact) mass is 400 g/mol. The van der Waals surface area contributed by atoms with Gasteiger partial charge in [-0.2, -0.15) is 0 Å². The van der Waals surface area contributed by atoms with Gasteiger partial charge in [0.15, 0.2) is 11.7 Å². The molecule has 0 radical (unpaired) electrons. The SMILES string of the molecule is Cc1cc(C)c2nc(NC(=O)COC(=O)C3C[C@H]4CCC[C@@H](C3)C4=O)sc2c1. The number of rotatable bonds is 4. The summed E-state index contributed by atoms with van der Waals surface area (Å²) in [6.45, 7) is 3.69. The van der Waals surface area contributed by atoms with Crippen molar-refractivity contribution < 1.29 is 19.1 Å². The predicted molar refractivity (Wildman–Crippen MR) is 107 cm³/mol. The molecule has 0 spiro atoms. The highest BCUT2D eigenvalue weighted by Gasteiger charge is 2.41.